The summed E-state index contributed by atoms with van der Waals surface area (Å²) in [5.74, 6) is 1.32. The van der Waals surface area contributed by atoms with E-state index in [1.54, 1.807) is 11.8 Å². The predicted molar refractivity (Wildman–Crippen MR) is 95.3 cm³/mol. The SMILES string of the molecule is CC(C)COC1CCN(C(=O)CSc2ccc(Br)cc2)CC1. The maximum absolute atomic E-state index is 12.3. The molecule has 3 nitrogen and oxygen atoms in total. The molecule has 0 saturated carbocycles. The first-order valence-corrected chi connectivity index (χ1v) is 9.60. The second-order valence-corrected chi connectivity index (χ2v) is 8.01. The van der Waals surface area contributed by atoms with E-state index < -0.39 is 0 Å². The molecule has 0 N–H and O–H groups in total. The van der Waals surface area contributed by atoms with Crippen LogP contribution in [0.15, 0.2) is 33.6 Å². The summed E-state index contributed by atoms with van der Waals surface area (Å²) in [7, 11) is 0. The van der Waals surface area contributed by atoms with Crippen LogP contribution < -0.4 is 0 Å². The number of carbonyl (C=O) groups excluding carboxylic acids is 1. The van der Waals surface area contributed by atoms with Crippen molar-refractivity contribution in [2.75, 3.05) is 25.4 Å². The van der Waals surface area contributed by atoms with Gasteiger partial charge in [-0.3, -0.25) is 4.79 Å². The first-order chi connectivity index (χ1) is 10.5. The largest absolute Gasteiger partial charge is 0.378 e. The fourth-order valence-electron chi connectivity index (χ4n) is 2.37. The highest BCUT2D eigenvalue weighted by Crippen LogP contribution is 2.22. The van der Waals surface area contributed by atoms with Crippen LogP contribution in [-0.4, -0.2) is 42.4 Å². The van der Waals surface area contributed by atoms with Crippen molar-refractivity contribution in [1.82, 2.24) is 4.90 Å². The van der Waals surface area contributed by atoms with E-state index in [-0.39, 0.29) is 5.91 Å². The molecule has 0 atom stereocenters. The van der Waals surface area contributed by atoms with Crippen LogP contribution in [0.25, 0.3) is 0 Å². The third kappa shape index (κ3) is 5.94. The monoisotopic (exact) mass is 385 g/mol. The summed E-state index contributed by atoms with van der Waals surface area (Å²) in [6.07, 6.45) is 2.24. The van der Waals surface area contributed by atoms with Gasteiger partial charge < -0.3 is 9.64 Å². The number of ether oxygens (including phenoxy) is 1. The van der Waals surface area contributed by atoms with E-state index >= 15 is 0 Å². The van der Waals surface area contributed by atoms with Gasteiger partial charge in [0.2, 0.25) is 5.91 Å². The Labute approximate surface area is 145 Å². The summed E-state index contributed by atoms with van der Waals surface area (Å²) >= 11 is 5.02. The molecule has 1 saturated heterocycles. The van der Waals surface area contributed by atoms with Crippen LogP contribution in [-0.2, 0) is 9.53 Å². The quantitative estimate of drug-likeness (QED) is 0.687. The van der Waals surface area contributed by atoms with Crippen molar-refractivity contribution in [3.8, 4) is 0 Å². The molecule has 1 fully saturated rings. The summed E-state index contributed by atoms with van der Waals surface area (Å²) in [5.41, 5.74) is 0. The first kappa shape index (κ1) is 17.8. The highest BCUT2D eigenvalue weighted by Gasteiger charge is 2.23. The zero-order chi connectivity index (χ0) is 15.9. The lowest BCUT2D eigenvalue weighted by atomic mass is 10.1. The molecule has 0 spiro atoms. The summed E-state index contributed by atoms with van der Waals surface area (Å²) in [4.78, 5) is 15.4. The lowest BCUT2D eigenvalue weighted by molar-refractivity contribution is -0.131. The van der Waals surface area contributed by atoms with Crippen molar-refractivity contribution < 1.29 is 9.53 Å². The van der Waals surface area contributed by atoms with Gasteiger partial charge in [0.05, 0.1) is 11.9 Å². The minimum absolute atomic E-state index is 0.232. The normalized spacial score (nSPS) is 16.3. The molecule has 0 aromatic heterocycles. The van der Waals surface area contributed by atoms with E-state index in [0.29, 0.717) is 17.8 Å². The van der Waals surface area contributed by atoms with Crippen molar-refractivity contribution in [2.24, 2.45) is 5.92 Å². The molecule has 122 valence electrons. The van der Waals surface area contributed by atoms with Gasteiger partial charge in [0.15, 0.2) is 0 Å². The van der Waals surface area contributed by atoms with Gasteiger partial charge in [0, 0.05) is 29.1 Å². The van der Waals surface area contributed by atoms with Gasteiger partial charge in [0.25, 0.3) is 0 Å². The number of hydrogen-bond donors (Lipinski definition) is 0. The van der Waals surface area contributed by atoms with Gasteiger partial charge in [-0.1, -0.05) is 29.8 Å². The number of amides is 1. The molecule has 1 heterocycles. The third-order valence-corrected chi connectivity index (χ3v) is 5.16. The van der Waals surface area contributed by atoms with Crippen LogP contribution in [0.3, 0.4) is 0 Å². The maximum atomic E-state index is 12.3. The molecule has 0 radical (unpaired) electrons. The van der Waals surface area contributed by atoms with Crippen LogP contribution in [0.1, 0.15) is 26.7 Å². The van der Waals surface area contributed by atoms with E-state index in [0.717, 1.165) is 41.9 Å². The van der Waals surface area contributed by atoms with Crippen LogP contribution in [0, 0.1) is 5.92 Å². The average molecular weight is 386 g/mol. The number of thioether (sulfide) groups is 1. The van der Waals surface area contributed by atoms with Gasteiger partial charge in [-0.05, 0) is 43.0 Å². The highest BCUT2D eigenvalue weighted by molar-refractivity contribution is 9.10. The van der Waals surface area contributed by atoms with E-state index in [2.05, 4.69) is 29.8 Å². The van der Waals surface area contributed by atoms with Gasteiger partial charge in [0.1, 0.15) is 0 Å². The predicted octanol–water partition coefficient (Wildman–Crippen LogP) is 4.20. The standard InChI is InChI=1S/C17H24BrNO2S/c1-13(2)11-21-15-7-9-19(10-8-15)17(20)12-22-16-5-3-14(18)4-6-16/h3-6,13,15H,7-12H2,1-2H3. The first-order valence-electron chi connectivity index (χ1n) is 7.82. The molecule has 1 aliphatic rings. The number of piperidine rings is 1. The molecule has 0 unspecified atom stereocenters. The third-order valence-electron chi connectivity index (χ3n) is 3.64. The van der Waals surface area contributed by atoms with Gasteiger partial charge in [-0.25, -0.2) is 0 Å². The number of hydrogen-bond acceptors (Lipinski definition) is 3. The molecule has 0 bridgehead atoms. The average Bonchev–Trinajstić information content (AvgIpc) is 2.52. The minimum Gasteiger partial charge on any atom is -0.378 e. The zero-order valence-corrected chi connectivity index (χ0v) is 15.7. The van der Waals surface area contributed by atoms with Crippen LogP contribution in [0.4, 0.5) is 0 Å². The summed E-state index contributed by atoms with van der Waals surface area (Å²) in [5, 5.41) is 0. The van der Waals surface area contributed by atoms with E-state index in [1.807, 2.05) is 29.2 Å². The molecule has 1 amide bonds. The minimum atomic E-state index is 0.232. The Balaban J connectivity index is 1.69. The summed E-state index contributed by atoms with van der Waals surface area (Å²) < 4.78 is 6.93. The second-order valence-electron chi connectivity index (χ2n) is 6.05. The Morgan fingerprint density at radius 3 is 2.55 bits per heavy atom. The molecule has 5 heteroatoms. The molecule has 1 aromatic carbocycles. The number of likely N-dealkylation sites (tertiary alicyclic amines) is 1. The van der Waals surface area contributed by atoms with E-state index in [9.17, 15) is 4.79 Å². The highest BCUT2D eigenvalue weighted by atomic mass is 79.9. The van der Waals surface area contributed by atoms with E-state index in [1.165, 1.54) is 0 Å². The van der Waals surface area contributed by atoms with Crippen LogP contribution in [0.5, 0.6) is 0 Å². The van der Waals surface area contributed by atoms with Gasteiger partial charge >= 0.3 is 0 Å². The summed E-state index contributed by atoms with van der Waals surface area (Å²) in [6, 6.07) is 8.08. The topological polar surface area (TPSA) is 29.5 Å². The van der Waals surface area contributed by atoms with Crippen LogP contribution >= 0.6 is 27.7 Å². The molecule has 22 heavy (non-hydrogen) atoms. The fourth-order valence-corrected chi connectivity index (χ4v) is 3.43. The molecular formula is C17H24BrNO2S. The maximum Gasteiger partial charge on any atom is 0.232 e. The smallest absolute Gasteiger partial charge is 0.232 e. The number of carbonyl (C=O) groups is 1. The number of benzene rings is 1. The van der Waals surface area contributed by atoms with Crippen LogP contribution in [0.2, 0.25) is 0 Å². The van der Waals surface area contributed by atoms with Crippen molar-refractivity contribution >= 4 is 33.6 Å². The van der Waals surface area contributed by atoms with Crippen molar-refractivity contribution in [3.63, 3.8) is 0 Å². The number of halogens is 1. The Morgan fingerprint density at radius 1 is 1.32 bits per heavy atom. The molecule has 1 aromatic rings. The van der Waals surface area contributed by atoms with Gasteiger partial charge in [-0.2, -0.15) is 0 Å². The van der Waals surface area contributed by atoms with Gasteiger partial charge in [-0.15, -0.1) is 11.8 Å². The lowest BCUT2D eigenvalue weighted by Crippen LogP contribution is -2.42. The lowest BCUT2D eigenvalue weighted by Gasteiger charge is -2.32. The molecular weight excluding hydrogens is 362 g/mol. The Morgan fingerprint density at radius 2 is 1.95 bits per heavy atom. The zero-order valence-electron chi connectivity index (χ0n) is 13.3. The van der Waals surface area contributed by atoms with Crippen molar-refractivity contribution in [1.29, 1.82) is 0 Å². The number of nitrogens with zero attached hydrogens (tertiary/aromatic N) is 1. The molecule has 0 aliphatic carbocycles. The van der Waals surface area contributed by atoms with Crippen molar-refractivity contribution in [3.05, 3.63) is 28.7 Å². The summed E-state index contributed by atoms with van der Waals surface area (Å²) in [6.45, 7) is 6.79. The van der Waals surface area contributed by atoms with Crippen molar-refractivity contribution in [2.45, 2.75) is 37.7 Å². The fraction of sp³-hybridized carbons (Fsp3) is 0.588. The molecule has 1 aliphatic heterocycles. The second kappa shape index (κ2) is 8.94. The van der Waals surface area contributed by atoms with E-state index in [4.69, 9.17) is 4.74 Å². The Hall–Kier alpha value is -0.520. The Kier molecular flexibility index (Phi) is 7.25. The Bertz CT molecular complexity index is 470. The number of rotatable bonds is 6. The molecule has 2 rings (SSSR count).